The van der Waals surface area contributed by atoms with Crippen LogP contribution in [0.5, 0.6) is 0 Å². The van der Waals surface area contributed by atoms with Crippen molar-refractivity contribution in [1.29, 1.82) is 0 Å². The Morgan fingerprint density at radius 3 is 2.55 bits per heavy atom. The zero-order chi connectivity index (χ0) is 15.7. The lowest BCUT2D eigenvalue weighted by molar-refractivity contribution is 0.0996. The van der Waals surface area contributed by atoms with Gasteiger partial charge in [0, 0.05) is 11.5 Å². The topological polar surface area (TPSA) is 71.8 Å². The van der Waals surface area contributed by atoms with E-state index in [1.54, 1.807) is 24.3 Å². The molecule has 0 radical (unpaired) electrons. The minimum absolute atomic E-state index is 0.190. The van der Waals surface area contributed by atoms with E-state index in [0.717, 1.165) is 5.56 Å². The highest BCUT2D eigenvalue weighted by Crippen LogP contribution is 2.22. The molecule has 3 rings (SSSR count). The molecule has 2 aromatic carbocycles. The third-order valence-corrected chi connectivity index (χ3v) is 3.25. The first-order chi connectivity index (χ1) is 10.5. The molecule has 110 valence electrons. The van der Waals surface area contributed by atoms with Crippen LogP contribution in [0.4, 0.5) is 8.78 Å². The summed E-state index contributed by atoms with van der Waals surface area (Å²) in [5.41, 5.74) is 6.73. The van der Waals surface area contributed by atoms with Gasteiger partial charge in [0.05, 0.1) is 16.8 Å². The van der Waals surface area contributed by atoms with Crippen LogP contribution >= 0.6 is 0 Å². The molecule has 1 aromatic heterocycles. The van der Waals surface area contributed by atoms with Gasteiger partial charge in [-0.05, 0) is 29.8 Å². The van der Waals surface area contributed by atoms with Gasteiger partial charge in [0.1, 0.15) is 11.6 Å². The van der Waals surface area contributed by atoms with Crippen LogP contribution in [0.2, 0.25) is 0 Å². The Hall–Kier alpha value is -3.02. The monoisotopic (exact) mass is 299 g/mol. The number of nitrogens with one attached hydrogen (secondary N) is 1. The van der Waals surface area contributed by atoms with Crippen LogP contribution in [-0.4, -0.2) is 16.1 Å². The van der Waals surface area contributed by atoms with Crippen molar-refractivity contribution in [3.63, 3.8) is 0 Å². The van der Waals surface area contributed by atoms with Gasteiger partial charge >= 0.3 is 0 Å². The number of benzene rings is 2. The summed E-state index contributed by atoms with van der Waals surface area (Å²) < 4.78 is 26.5. The van der Waals surface area contributed by atoms with E-state index >= 15 is 0 Å². The molecule has 1 amide bonds. The molecule has 3 N–H and O–H groups in total. The number of carbonyl (C=O) groups excluding carboxylic acids is 1. The van der Waals surface area contributed by atoms with Gasteiger partial charge in [0.15, 0.2) is 0 Å². The molecule has 0 aliphatic rings. The van der Waals surface area contributed by atoms with E-state index < -0.39 is 11.7 Å². The number of halogens is 2. The average molecular weight is 299 g/mol. The van der Waals surface area contributed by atoms with Crippen molar-refractivity contribution < 1.29 is 13.6 Å². The summed E-state index contributed by atoms with van der Waals surface area (Å²) in [6.45, 7) is 0. The van der Waals surface area contributed by atoms with Crippen molar-refractivity contribution in [2.45, 2.75) is 0 Å². The summed E-state index contributed by atoms with van der Waals surface area (Å²) in [6, 6.07) is 8.48. The standard InChI is InChI=1S/C16H11F2N3O/c17-10-4-1-9(2-5-10)3-6-14-12-7-11(16(19)22)13(18)8-15(12)21-20-14/h1-8H,(H2,19,22)(H,20,21). The number of aromatic amines is 1. The molecule has 1 heterocycles. The molecule has 0 bridgehead atoms. The Morgan fingerprint density at radius 1 is 1.14 bits per heavy atom. The highest BCUT2D eigenvalue weighted by Gasteiger charge is 2.13. The number of nitrogens with zero attached hydrogens (tertiary/aromatic N) is 1. The molecule has 0 aliphatic heterocycles. The molecular formula is C16H11F2N3O. The van der Waals surface area contributed by atoms with Crippen molar-refractivity contribution in [3.05, 3.63) is 64.9 Å². The minimum atomic E-state index is -0.839. The molecule has 0 fully saturated rings. The Morgan fingerprint density at radius 2 is 1.86 bits per heavy atom. The van der Waals surface area contributed by atoms with E-state index in [0.29, 0.717) is 16.6 Å². The molecule has 6 heteroatoms. The molecule has 3 aromatic rings. The lowest BCUT2D eigenvalue weighted by atomic mass is 10.1. The van der Waals surface area contributed by atoms with E-state index in [-0.39, 0.29) is 11.4 Å². The van der Waals surface area contributed by atoms with Crippen LogP contribution in [0.25, 0.3) is 23.1 Å². The fraction of sp³-hybridized carbons (Fsp3) is 0. The van der Waals surface area contributed by atoms with Gasteiger partial charge in [-0.3, -0.25) is 9.89 Å². The SMILES string of the molecule is NC(=O)c1cc2c(C=Cc3ccc(F)cc3)n[nH]c2cc1F. The van der Waals surface area contributed by atoms with Gasteiger partial charge in [-0.25, -0.2) is 8.78 Å². The fourth-order valence-corrected chi connectivity index (χ4v) is 2.12. The molecule has 22 heavy (non-hydrogen) atoms. The van der Waals surface area contributed by atoms with E-state index in [1.165, 1.54) is 24.3 Å². The zero-order valence-electron chi connectivity index (χ0n) is 11.3. The van der Waals surface area contributed by atoms with Gasteiger partial charge in [0.2, 0.25) is 0 Å². The Bertz CT molecular complexity index is 882. The molecule has 0 saturated carbocycles. The van der Waals surface area contributed by atoms with Gasteiger partial charge < -0.3 is 5.73 Å². The summed E-state index contributed by atoms with van der Waals surface area (Å²) in [5, 5.41) is 7.33. The van der Waals surface area contributed by atoms with Crippen molar-refractivity contribution in [2.24, 2.45) is 5.73 Å². The predicted octanol–water partition coefficient (Wildman–Crippen LogP) is 3.11. The maximum Gasteiger partial charge on any atom is 0.251 e. The molecule has 0 saturated heterocycles. The van der Waals surface area contributed by atoms with Crippen LogP contribution in [0, 0.1) is 11.6 Å². The number of hydrogen-bond acceptors (Lipinski definition) is 2. The summed E-state index contributed by atoms with van der Waals surface area (Å²) in [7, 11) is 0. The lowest BCUT2D eigenvalue weighted by Gasteiger charge is -1.99. The second-order valence-electron chi connectivity index (χ2n) is 4.74. The summed E-state index contributed by atoms with van der Waals surface area (Å²) in [6.07, 6.45) is 3.43. The van der Waals surface area contributed by atoms with E-state index in [9.17, 15) is 13.6 Å². The molecule has 0 unspecified atom stereocenters. The smallest absolute Gasteiger partial charge is 0.251 e. The third kappa shape index (κ3) is 2.58. The lowest BCUT2D eigenvalue weighted by Crippen LogP contribution is -2.12. The number of fused-ring (bicyclic) bond motifs is 1. The highest BCUT2D eigenvalue weighted by atomic mass is 19.1. The normalized spacial score (nSPS) is 11.4. The van der Waals surface area contributed by atoms with Gasteiger partial charge in [-0.15, -0.1) is 0 Å². The maximum absolute atomic E-state index is 13.7. The highest BCUT2D eigenvalue weighted by molar-refractivity contribution is 5.99. The number of amides is 1. The number of H-pyrrole nitrogens is 1. The number of aromatic nitrogens is 2. The summed E-state index contributed by atoms with van der Waals surface area (Å²) in [4.78, 5) is 11.2. The van der Waals surface area contributed by atoms with E-state index in [1.807, 2.05) is 0 Å². The number of nitrogens with two attached hydrogens (primary N) is 1. The molecule has 0 aliphatic carbocycles. The fourth-order valence-electron chi connectivity index (χ4n) is 2.12. The Kier molecular flexibility index (Phi) is 3.42. The molecule has 4 nitrogen and oxygen atoms in total. The molecule has 0 atom stereocenters. The van der Waals surface area contributed by atoms with Crippen LogP contribution in [0.3, 0.4) is 0 Å². The first-order valence-electron chi connectivity index (χ1n) is 6.45. The number of rotatable bonds is 3. The number of hydrogen-bond donors (Lipinski definition) is 2. The van der Waals surface area contributed by atoms with Crippen LogP contribution in [0.1, 0.15) is 21.6 Å². The quantitative estimate of drug-likeness (QED) is 0.780. The minimum Gasteiger partial charge on any atom is -0.366 e. The predicted molar refractivity (Wildman–Crippen MR) is 79.9 cm³/mol. The van der Waals surface area contributed by atoms with Crippen LogP contribution in [-0.2, 0) is 0 Å². The number of primary amides is 1. The van der Waals surface area contributed by atoms with Gasteiger partial charge in [0.25, 0.3) is 5.91 Å². The van der Waals surface area contributed by atoms with Crippen molar-refractivity contribution in [2.75, 3.05) is 0 Å². The Labute approximate surface area is 124 Å². The van der Waals surface area contributed by atoms with Gasteiger partial charge in [-0.1, -0.05) is 18.2 Å². The second-order valence-corrected chi connectivity index (χ2v) is 4.74. The van der Waals surface area contributed by atoms with Crippen LogP contribution in [0.15, 0.2) is 36.4 Å². The maximum atomic E-state index is 13.7. The van der Waals surface area contributed by atoms with Crippen molar-refractivity contribution >= 4 is 29.0 Å². The molecule has 0 spiro atoms. The molecular weight excluding hydrogens is 288 g/mol. The van der Waals surface area contributed by atoms with Crippen molar-refractivity contribution in [1.82, 2.24) is 10.2 Å². The number of carbonyl (C=O) groups is 1. The first-order valence-corrected chi connectivity index (χ1v) is 6.45. The van der Waals surface area contributed by atoms with Crippen molar-refractivity contribution in [3.8, 4) is 0 Å². The Balaban J connectivity index is 2.02. The first kappa shape index (κ1) is 13.9. The van der Waals surface area contributed by atoms with Crippen LogP contribution < -0.4 is 5.73 Å². The van der Waals surface area contributed by atoms with E-state index in [2.05, 4.69) is 10.2 Å². The second kappa shape index (κ2) is 5.40. The largest absolute Gasteiger partial charge is 0.366 e. The summed E-state index contributed by atoms with van der Waals surface area (Å²) >= 11 is 0. The van der Waals surface area contributed by atoms with E-state index in [4.69, 9.17) is 5.73 Å². The third-order valence-electron chi connectivity index (χ3n) is 3.25. The summed E-state index contributed by atoms with van der Waals surface area (Å²) in [5.74, 6) is -1.85. The van der Waals surface area contributed by atoms with Gasteiger partial charge in [-0.2, -0.15) is 5.10 Å². The zero-order valence-corrected chi connectivity index (χ0v) is 11.3. The average Bonchev–Trinajstić information content (AvgIpc) is 2.87.